The van der Waals surface area contributed by atoms with Crippen LogP contribution >= 0.6 is 15.9 Å². The highest BCUT2D eigenvalue weighted by Gasteiger charge is 2.24. The van der Waals surface area contributed by atoms with Gasteiger partial charge in [-0.1, -0.05) is 20.8 Å². The number of halogens is 2. The van der Waals surface area contributed by atoms with Crippen LogP contribution in [0.2, 0.25) is 0 Å². The Morgan fingerprint density at radius 3 is 2.18 bits per heavy atom. The number of aromatic nitrogens is 1. The molecule has 0 amide bonds. The molecule has 1 heterocycles. The van der Waals surface area contributed by atoms with Gasteiger partial charge in [-0.05, 0) is 0 Å². The number of oxazole rings is 1. The van der Waals surface area contributed by atoms with Crippen molar-refractivity contribution < 1.29 is 8.81 Å². The van der Waals surface area contributed by atoms with Gasteiger partial charge in [-0.2, -0.15) is 4.39 Å². The number of nitrogens with zero attached hydrogens (tertiary/aromatic N) is 1. The average molecular weight is 222 g/mol. The first-order chi connectivity index (χ1) is 4.91. The molecule has 62 valence electrons. The van der Waals surface area contributed by atoms with Crippen LogP contribution in [-0.4, -0.2) is 4.98 Å². The molecule has 0 N–H and O–H groups in total. The summed E-state index contributed by atoms with van der Waals surface area (Å²) < 4.78 is 17.4. The molecule has 11 heavy (non-hydrogen) atoms. The van der Waals surface area contributed by atoms with Crippen molar-refractivity contribution in [3.63, 3.8) is 0 Å². The van der Waals surface area contributed by atoms with Gasteiger partial charge in [0.15, 0.2) is 0 Å². The van der Waals surface area contributed by atoms with Crippen LogP contribution in [0.3, 0.4) is 0 Å². The Hall–Kier alpha value is -0.380. The first-order valence-corrected chi connectivity index (χ1v) is 4.03. The Labute approximate surface area is 72.9 Å². The van der Waals surface area contributed by atoms with Crippen molar-refractivity contribution in [1.82, 2.24) is 4.98 Å². The van der Waals surface area contributed by atoms with Gasteiger partial charge >= 0.3 is 6.01 Å². The Morgan fingerprint density at radius 1 is 1.45 bits per heavy atom. The van der Waals surface area contributed by atoms with Gasteiger partial charge in [-0.25, -0.2) is 4.98 Å². The highest BCUT2D eigenvalue weighted by molar-refractivity contribution is 9.10. The summed E-state index contributed by atoms with van der Waals surface area (Å²) in [5.41, 5.74) is 0.0453. The third-order valence-corrected chi connectivity index (χ3v) is 1.61. The topological polar surface area (TPSA) is 26.0 Å². The van der Waals surface area contributed by atoms with E-state index in [-0.39, 0.29) is 10.2 Å². The van der Waals surface area contributed by atoms with E-state index in [1.165, 1.54) is 0 Å². The Kier molecular flexibility index (Phi) is 2.05. The molecule has 0 aliphatic heterocycles. The first kappa shape index (κ1) is 8.71. The van der Waals surface area contributed by atoms with Gasteiger partial charge in [0.25, 0.3) is 4.80 Å². The summed E-state index contributed by atoms with van der Waals surface area (Å²) in [5, 5.41) is 0. The molecule has 0 aromatic carbocycles. The second-order valence-electron chi connectivity index (χ2n) is 3.34. The third-order valence-electron chi connectivity index (χ3n) is 1.27. The predicted molar refractivity (Wildman–Crippen MR) is 42.9 cm³/mol. The third kappa shape index (κ3) is 1.80. The lowest BCUT2D eigenvalue weighted by molar-refractivity contribution is 0.330. The lowest BCUT2D eigenvalue weighted by Crippen LogP contribution is -2.13. The van der Waals surface area contributed by atoms with Gasteiger partial charge in [0.2, 0.25) is 0 Å². The largest absolute Gasteiger partial charge is 0.405 e. The maximum Gasteiger partial charge on any atom is 0.302 e. The normalized spacial score (nSPS) is 12.1. The van der Waals surface area contributed by atoms with Crippen molar-refractivity contribution in [3.05, 3.63) is 16.5 Å². The quantitative estimate of drug-likeness (QED) is 0.674. The van der Waals surface area contributed by atoms with E-state index < -0.39 is 6.01 Å². The van der Waals surface area contributed by atoms with Crippen LogP contribution in [0.15, 0.2) is 9.22 Å². The van der Waals surface area contributed by atoms with E-state index in [2.05, 4.69) is 25.3 Å². The molecule has 2 nitrogen and oxygen atoms in total. The predicted octanol–water partition coefficient (Wildman–Crippen LogP) is 2.87. The second kappa shape index (κ2) is 2.59. The molecule has 0 atom stereocenters. The van der Waals surface area contributed by atoms with Crippen molar-refractivity contribution in [2.75, 3.05) is 0 Å². The van der Waals surface area contributed by atoms with Crippen molar-refractivity contribution in [1.29, 1.82) is 0 Å². The van der Waals surface area contributed by atoms with Crippen LogP contribution in [-0.2, 0) is 5.41 Å². The van der Waals surface area contributed by atoms with Gasteiger partial charge in [-0.15, -0.1) is 0 Å². The van der Waals surface area contributed by atoms with E-state index in [1.54, 1.807) is 0 Å². The molecule has 0 saturated carbocycles. The highest BCUT2D eigenvalue weighted by Crippen LogP contribution is 2.26. The van der Waals surface area contributed by atoms with Crippen molar-refractivity contribution >= 4 is 15.9 Å². The smallest absolute Gasteiger partial charge is 0.302 e. The minimum Gasteiger partial charge on any atom is -0.405 e. The van der Waals surface area contributed by atoms with Gasteiger partial charge in [0, 0.05) is 21.3 Å². The minimum absolute atomic E-state index is 0.194. The molecule has 0 bridgehead atoms. The van der Waals surface area contributed by atoms with Crippen LogP contribution in [0.1, 0.15) is 26.5 Å². The van der Waals surface area contributed by atoms with E-state index >= 15 is 0 Å². The zero-order valence-corrected chi connectivity index (χ0v) is 8.20. The van der Waals surface area contributed by atoms with Gasteiger partial charge in [-0.3, -0.25) is 0 Å². The second-order valence-corrected chi connectivity index (χ2v) is 4.02. The van der Waals surface area contributed by atoms with E-state index in [9.17, 15) is 4.39 Å². The summed E-state index contributed by atoms with van der Waals surface area (Å²) in [6.07, 6.45) is 0. The fourth-order valence-electron chi connectivity index (χ4n) is 0.739. The fourth-order valence-corrected chi connectivity index (χ4v) is 1.06. The van der Waals surface area contributed by atoms with Crippen LogP contribution in [0.25, 0.3) is 0 Å². The van der Waals surface area contributed by atoms with Crippen LogP contribution in [0, 0.1) is 6.01 Å². The summed E-state index contributed by atoms with van der Waals surface area (Å²) in [4.78, 5) is 4.05. The summed E-state index contributed by atoms with van der Waals surface area (Å²) in [5.74, 6) is 0. The van der Waals surface area contributed by atoms with E-state index in [4.69, 9.17) is 0 Å². The molecule has 0 unspecified atom stereocenters. The monoisotopic (exact) mass is 221 g/mol. The minimum atomic E-state index is -0.607. The molecule has 1 aromatic rings. The first-order valence-electron chi connectivity index (χ1n) is 3.23. The summed E-state index contributed by atoms with van der Waals surface area (Å²) in [6, 6.07) is -0.607. The number of rotatable bonds is 0. The lowest BCUT2D eigenvalue weighted by Gasteiger charge is -2.13. The van der Waals surface area contributed by atoms with Crippen LogP contribution in [0.5, 0.6) is 0 Å². The van der Waals surface area contributed by atoms with Crippen molar-refractivity contribution in [2.45, 2.75) is 26.2 Å². The average Bonchev–Trinajstić information content (AvgIpc) is 2.08. The van der Waals surface area contributed by atoms with Crippen molar-refractivity contribution in [2.24, 2.45) is 0 Å². The Bertz CT molecular complexity index is 264. The Morgan fingerprint density at radius 2 is 2.00 bits per heavy atom. The molecule has 0 saturated heterocycles. The molecule has 0 aliphatic carbocycles. The van der Waals surface area contributed by atoms with Crippen LogP contribution < -0.4 is 0 Å². The molecular formula is C7H9BrFNO. The van der Waals surface area contributed by atoms with E-state index in [1.807, 2.05) is 20.8 Å². The van der Waals surface area contributed by atoms with Crippen molar-refractivity contribution in [3.8, 4) is 0 Å². The zero-order valence-electron chi connectivity index (χ0n) is 6.61. The SMILES string of the molecule is CC(C)(C)c1nc(Br)oc1F. The molecule has 1 aromatic heterocycles. The summed E-state index contributed by atoms with van der Waals surface area (Å²) in [7, 11) is 0. The number of hydrogen-bond acceptors (Lipinski definition) is 2. The standard InChI is InChI=1S/C7H9BrFNO/c1-7(2,3)4-5(9)11-6(8)10-4/h1-3H3. The zero-order chi connectivity index (χ0) is 8.65. The molecule has 4 heteroatoms. The molecule has 0 spiro atoms. The summed E-state index contributed by atoms with van der Waals surface area (Å²) >= 11 is 2.96. The van der Waals surface area contributed by atoms with Gasteiger partial charge < -0.3 is 4.42 Å². The maximum atomic E-state index is 12.8. The number of hydrogen-bond donors (Lipinski definition) is 0. The molecule has 0 aliphatic rings. The maximum absolute atomic E-state index is 12.8. The van der Waals surface area contributed by atoms with Gasteiger partial charge in [0.1, 0.15) is 5.69 Å². The highest BCUT2D eigenvalue weighted by atomic mass is 79.9. The van der Waals surface area contributed by atoms with E-state index in [0.717, 1.165) is 0 Å². The van der Waals surface area contributed by atoms with E-state index in [0.29, 0.717) is 5.69 Å². The lowest BCUT2D eigenvalue weighted by atomic mass is 9.93. The Balaban J connectivity index is 3.13. The fraction of sp³-hybridized carbons (Fsp3) is 0.571. The molecular weight excluding hydrogens is 213 g/mol. The molecule has 0 radical (unpaired) electrons. The van der Waals surface area contributed by atoms with Crippen LogP contribution in [0.4, 0.5) is 4.39 Å². The molecule has 1 rings (SSSR count). The summed E-state index contributed by atoms with van der Waals surface area (Å²) in [6.45, 7) is 5.63. The molecule has 0 fully saturated rings. The van der Waals surface area contributed by atoms with Gasteiger partial charge in [0.05, 0.1) is 0 Å².